The van der Waals surface area contributed by atoms with E-state index in [1.807, 2.05) is 43.3 Å². The lowest BCUT2D eigenvalue weighted by molar-refractivity contribution is 0.0944. The van der Waals surface area contributed by atoms with Crippen molar-refractivity contribution in [3.05, 3.63) is 83.4 Å². The first-order valence-electron chi connectivity index (χ1n) is 7.54. The number of nitrogens with zero attached hydrogens (tertiary/aromatic N) is 3. The summed E-state index contributed by atoms with van der Waals surface area (Å²) in [5.41, 5.74) is 3.58. The molecule has 2 aromatic heterocycles. The van der Waals surface area contributed by atoms with Gasteiger partial charge in [0.2, 0.25) is 0 Å². The van der Waals surface area contributed by atoms with Gasteiger partial charge < -0.3 is 9.88 Å². The molecule has 0 unspecified atom stereocenters. The Kier molecular flexibility index (Phi) is 4.39. The van der Waals surface area contributed by atoms with E-state index in [2.05, 4.69) is 16.4 Å². The van der Waals surface area contributed by atoms with Crippen molar-refractivity contribution in [3.8, 4) is 11.8 Å². The Morgan fingerprint density at radius 1 is 1.25 bits per heavy atom. The molecule has 1 N–H and O–H groups in total. The van der Waals surface area contributed by atoms with E-state index < -0.39 is 0 Å². The Hall–Kier alpha value is -3.39. The van der Waals surface area contributed by atoms with Crippen molar-refractivity contribution in [2.24, 2.45) is 0 Å². The van der Waals surface area contributed by atoms with Crippen LogP contribution in [0.4, 0.5) is 0 Å². The number of hydrogen-bond donors (Lipinski definition) is 1. The van der Waals surface area contributed by atoms with Gasteiger partial charge in [-0.2, -0.15) is 5.26 Å². The van der Waals surface area contributed by atoms with E-state index in [1.54, 1.807) is 29.2 Å². The summed E-state index contributed by atoms with van der Waals surface area (Å²) >= 11 is 0. The minimum absolute atomic E-state index is 0.283. The smallest absolute Gasteiger partial charge is 0.269 e. The Bertz CT molecular complexity index is 907. The van der Waals surface area contributed by atoms with E-state index in [4.69, 9.17) is 0 Å². The predicted molar refractivity (Wildman–Crippen MR) is 90.6 cm³/mol. The summed E-state index contributed by atoms with van der Waals surface area (Å²) < 4.78 is 1.74. The van der Waals surface area contributed by atoms with Crippen molar-refractivity contribution in [1.29, 1.82) is 5.26 Å². The van der Waals surface area contributed by atoms with Gasteiger partial charge in [-0.1, -0.05) is 12.1 Å². The van der Waals surface area contributed by atoms with Crippen LogP contribution in [0.1, 0.15) is 27.2 Å². The van der Waals surface area contributed by atoms with Crippen molar-refractivity contribution in [2.45, 2.75) is 13.5 Å². The Morgan fingerprint density at radius 3 is 2.75 bits per heavy atom. The molecule has 0 aliphatic carbocycles. The molecule has 3 aromatic rings. The van der Waals surface area contributed by atoms with Gasteiger partial charge in [-0.25, -0.2) is 0 Å². The fourth-order valence-corrected chi connectivity index (χ4v) is 2.51. The number of rotatable bonds is 4. The molecule has 0 spiro atoms. The molecule has 3 rings (SSSR count). The third-order valence-electron chi connectivity index (χ3n) is 3.70. The molecule has 0 fully saturated rings. The van der Waals surface area contributed by atoms with Gasteiger partial charge in [0.05, 0.1) is 5.56 Å². The SMILES string of the molecule is Cc1cccc(-n2ccc(C#N)c2C(=O)NCc2ccncc2)c1. The van der Waals surface area contributed by atoms with Crippen LogP contribution in [0.15, 0.2) is 61.1 Å². The van der Waals surface area contributed by atoms with Gasteiger partial charge in [0.25, 0.3) is 5.91 Å². The highest BCUT2D eigenvalue weighted by molar-refractivity contribution is 5.95. The standard InChI is InChI=1S/C19H16N4O/c1-14-3-2-4-17(11-14)23-10-7-16(12-20)18(23)19(24)22-13-15-5-8-21-9-6-15/h2-11H,13H2,1H3,(H,22,24). The third-order valence-corrected chi connectivity index (χ3v) is 3.70. The first kappa shape index (κ1) is 15.5. The largest absolute Gasteiger partial charge is 0.347 e. The second kappa shape index (κ2) is 6.80. The zero-order chi connectivity index (χ0) is 16.9. The highest BCUT2D eigenvalue weighted by atomic mass is 16.1. The molecule has 0 radical (unpaired) electrons. The lowest BCUT2D eigenvalue weighted by Gasteiger charge is -2.11. The molecule has 0 aliphatic heterocycles. The topological polar surface area (TPSA) is 70.7 Å². The van der Waals surface area contributed by atoms with Gasteiger partial charge in [-0.15, -0.1) is 0 Å². The highest BCUT2D eigenvalue weighted by Crippen LogP contribution is 2.18. The van der Waals surface area contributed by atoms with Crippen LogP contribution in [-0.4, -0.2) is 15.5 Å². The molecule has 0 saturated carbocycles. The second-order valence-corrected chi connectivity index (χ2v) is 5.44. The molecule has 1 amide bonds. The maximum absolute atomic E-state index is 12.6. The molecule has 24 heavy (non-hydrogen) atoms. The van der Waals surface area contributed by atoms with Crippen molar-refractivity contribution < 1.29 is 4.79 Å². The number of hydrogen-bond acceptors (Lipinski definition) is 3. The summed E-state index contributed by atoms with van der Waals surface area (Å²) in [7, 11) is 0. The fraction of sp³-hybridized carbons (Fsp3) is 0.105. The average molecular weight is 316 g/mol. The van der Waals surface area contributed by atoms with E-state index in [0.29, 0.717) is 17.8 Å². The van der Waals surface area contributed by atoms with Crippen LogP contribution in [0.2, 0.25) is 0 Å². The second-order valence-electron chi connectivity index (χ2n) is 5.44. The average Bonchev–Trinajstić information content (AvgIpc) is 3.05. The lowest BCUT2D eigenvalue weighted by Crippen LogP contribution is -2.26. The van der Waals surface area contributed by atoms with Crippen LogP contribution in [-0.2, 0) is 6.54 Å². The molecule has 5 nitrogen and oxygen atoms in total. The van der Waals surface area contributed by atoms with E-state index in [-0.39, 0.29) is 5.91 Å². The molecule has 5 heteroatoms. The van der Waals surface area contributed by atoms with Crippen molar-refractivity contribution in [1.82, 2.24) is 14.9 Å². The zero-order valence-electron chi connectivity index (χ0n) is 13.2. The Morgan fingerprint density at radius 2 is 2.04 bits per heavy atom. The van der Waals surface area contributed by atoms with Crippen LogP contribution >= 0.6 is 0 Å². The molecule has 118 valence electrons. The monoisotopic (exact) mass is 316 g/mol. The maximum atomic E-state index is 12.6. The number of amides is 1. The van der Waals surface area contributed by atoms with Crippen LogP contribution in [0.3, 0.4) is 0 Å². The van der Waals surface area contributed by atoms with Crippen LogP contribution in [0, 0.1) is 18.3 Å². The summed E-state index contributed by atoms with van der Waals surface area (Å²) in [5.74, 6) is -0.283. The van der Waals surface area contributed by atoms with E-state index >= 15 is 0 Å². The number of nitriles is 1. The quantitative estimate of drug-likeness (QED) is 0.804. The molecule has 0 saturated heterocycles. The summed E-state index contributed by atoms with van der Waals surface area (Å²) in [6, 6.07) is 15.2. The number of pyridine rings is 1. The lowest BCUT2D eigenvalue weighted by atomic mass is 10.2. The van der Waals surface area contributed by atoms with Crippen molar-refractivity contribution >= 4 is 5.91 Å². The van der Waals surface area contributed by atoms with Crippen LogP contribution in [0.5, 0.6) is 0 Å². The maximum Gasteiger partial charge on any atom is 0.269 e. The van der Waals surface area contributed by atoms with Gasteiger partial charge in [0.1, 0.15) is 11.8 Å². The minimum atomic E-state index is -0.283. The van der Waals surface area contributed by atoms with Gasteiger partial charge in [-0.3, -0.25) is 9.78 Å². The van der Waals surface area contributed by atoms with E-state index in [1.165, 1.54) is 0 Å². The first-order chi connectivity index (χ1) is 11.7. The first-order valence-corrected chi connectivity index (χ1v) is 7.54. The molecule has 2 heterocycles. The number of nitrogens with one attached hydrogen (secondary N) is 1. The van der Waals surface area contributed by atoms with Crippen LogP contribution in [0.25, 0.3) is 5.69 Å². The summed E-state index contributed by atoms with van der Waals surface area (Å²) in [4.78, 5) is 16.6. The molecule has 0 aliphatic rings. The Labute approximate surface area is 140 Å². The number of aromatic nitrogens is 2. The van der Waals surface area contributed by atoms with Gasteiger partial charge in [-0.05, 0) is 48.4 Å². The number of carbonyl (C=O) groups excluding carboxylic acids is 1. The number of benzene rings is 1. The van der Waals surface area contributed by atoms with E-state index in [9.17, 15) is 10.1 Å². The molecular formula is C19H16N4O. The van der Waals surface area contributed by atoms with Gasteiger partial charge >= 0.3 is 0 Å². The normalized spacial score (nSPS) is 10.2. The molecule has 0 bridgehead atoms. The summed E-state index contributed by atoms with van der Waals surface area (Å²) in [6.45, 7) is 2.37. The highest BCUT2D eigenvalue weighted by Gasteiger charge is 2.18. The zero-order valence-corrected chi connectivity index (χ0v) is 13.2. The Balaban J connectivity index is 1.90. The number of carbonyl (C=O) groups is 1. The molecule has 0 atom stereocenters. The van der Waals surface area contributed by atoms with E-state index in [0.717, 1.165) is 16.8 Å². The van der Waals surface area contributed by atoms with Gasteiger partial charge in [0, 0.05) is 30.8 Å². The summed E-state index contributed by atoms with van der Waals surface area (Å²) in [5, 5.41) is 12.2. The number of aryl methyl sites for hydroxylation is 1. The molecule has 1 aromatic carbocycles. The third kappa shape index (κ3) is 3.18. The minimum Gasteiger partial charge on any atom is -0.347 e. The van der Waals surface area contributed by atoms with Gasteiger partial charge in [0.15, 0.2) is 0 Å². The fourth-order valence-electron chi connectivity index (χ4n) is 2.51. The van der Waals surface area contributed by atoms with Crippen LogP contribution < -0.4 is 5.32 Å². The predicted octanol–water partition coefficient (Wildman–Crippen LogP) is 2.98. The van der Waals surface area contributed by atoms with Crippen molar-refractivity contribution in [2.75, 3.05) is 0 Å². The molecular weight excluding hydrogens is 300 g/mol. The van der Waals surface area contributed by atoms with Crippen molar-refractivity contribution in [3.63, 3.8) is 0 Å². The summed E-state index contributed by atoms with van der Waals surface area (Å²) in [6.07, 6.45) is 5.10.